The molecule has 1 aliphatic heterocycles. The molecule has 0 radical (unpaired) electrons. The number of ether oxygens (including phenoxy) is 1. The van der Waals surface area contributed by atoms with Crippen LogP contribution in [-0.2, 0) is 25.8 Å². The molecule has 6 rings (SSSR count). The maximum atomic E-state index is 13.7. The van der Waals surface area contributed by atoms with E-state index in [2.05, 4.69) is 15.1 Å². The standard InChI is InChI=1S/C30H24N4O8S/c35-27(32-26-13-19-9-10-31-14-25(19)43-26)24(15-33-28(36)22-3-1-2-4-23(22)29(33)37)18-7-5-17(6-8-18)16-41-30(38)20-11-21(12-20)42-34(39)40/h1-10,13-14,20-21,24H,11-12,15-16H2,(H,32,35)/t20?,21?,24-/m1/s1. The van der Waals surface area contributed by atoms with Crippen LogP contribution in [0.25, 0.3) is 10.1 Å². The molecule has 43 heavy (non-hydrogen) atoms. The number of rotatable bonds is 10. The molecular formula is C30H24N4O8S. The molecule has 0 bridgehead atoms. The maximum Gasteiger partial charge on any atom is 0.309 e. The van der Waals surface area contributed by atoms with Crippen LogP contribution in [0.1, 0.15) is 50.6 Å². The smallest absolute Gasteiger partial charge is 0.309 e. The van der Waals surface area contributed by atoms with Crippen LogP contribution >= 0.6 is 11.3 Å². The minimum atomic E-state index is -0.893. The van der Waals surface area contributed by atoms with Crippen molar-refractivity contribution in [1.29, 1.82) is 0 Å². The number of pyridine rings is 1. The zero-order valence-electron chi connectivity index (χ0n) is 22.5. The fourth-order valence-corrected chi connectivity index (χ4v) is 6.10. The number of nitrogens with one attached hydrogen (secondary N) is 1. The topological polar surface area (TPSA) is 158 Å². The van der Waals surface area contributed by atoms with Crippen LogP contribution in [0.4, 0.5) is 5.00 Å². The molecule has 2 aliphatic rings. The van der Waals surface area contributed by atoms with Crippen LogP contribution in [0.3, 0.4) is 0 Å². The molecule has 4 aromatic rings. The molecule has 1 N–H and O–H groups in total. The number of esters is 1. The summed E-state index contributed by atoms with van der Waals surface area (Å²) in [4.78, 5) is 72.3. The first-order chi connectivity index (χ1) is 20.8. The lowest BCUT2D eigenvalue weighted by molar-refractivity contribution is -0.772. The molecule has 1 atom stereocenters. The van der Waals surface area contributed by atoms with Crippen molar-refractivity contribution >= 4 is 50.1 Å². The lowest BCUT2D eigenvalue weighted by atomic mass is 9.82. The Morgan fingerprint density at radius 3 is 2.42 bits per heavy atom. The number of anilines is 1. The molecule has 13 heteroatoms. The van der Waals surface area contributed by atoms with Crippen molar-refractivity contribution in [2.24, 2.45) is 5.92 Å². The largest absolute Gasteiger partial charge is 0.461 e. The first-order valence-electron chi connectivity index (χ1n) is 13.4. The van der Waals surface area contributed by atoms with Gasteiger partial charge in [0.1, 0.15) is 12.7 Å². The molecule has 1 fully saturated rings. The highest BCUT2D eigenvalue weighted by molar-refractivity contribution is 7.22. The van der Waals surface area contributed by atoms with Crippen molar-refractivity contribution in [1.82, 2.24) is 9.88 Å². The Balaban J connectivity index is 1.17. The third kappa shape index (κ3) is 5.79. The number of fused-ring (bicyclic) bond motifs is 2. The van der Waals surface area contributed by atoms with Gasteiger partial charge < -0.3 is 14.9 Å². The van der Waals surface area contributed by atoms with Gasteiger partial charge in [-0.3, -0.25) is 29.1 Å². The van der Waals surface area contributed by atoms with Crippen LogP contribution in [-0.4, -0.2) is 51.3 Å². The van der Waals surface area contributed by atoms with Crippen LogP contribution in [0, 0.1) is 16.0 Å². The lowest BCUT2D eigenvalue weighted by Gasteiger charge is -2.31. The van der Waals surface area contributed by atoms with E-state index in [9.17, 15) is 29.3 Å². The number of carbonyl (C=O) groups is 4. The number of nitrogens with zero attached hydrogens (tertiary/aromatic N) is 3. The van der Waals surface area contributed by atoms with Crippen molar-refractivity contribution < 1.29 is 33.8 Å². The fourth-order valence-electron chi connectivity index (χ4n) is 5.17. The van der Waals surface area contributed by atoms with Gasteiger partial charge in [0.05, 0.1) is 32.7 Å². The number of benzene rings is 2. The summed E-state index contributed by atoms with van der Waals surface area (Å²) in [5, 5.41) is 14.0. The molecule has 0 unspecified atom stereocenters. The molecule has 3 amide bonds. The Bertz CT molecular complexity index is 1680. The second-order valence-corrected chi connectivity index (χ2v) is 11.4. The summed E-state index contributed by atoms with van der Waals surface area (Å²) in [6.07, 6.45) is 3.23. The third-order valence-electron chi connectivity index (χ3n) is 7.56. The van der Waals surface area contributed by atoms with Gasteiger partial charge in [-0.25, -0.2) is 0 Å². The normalized spacial score (nSPS) is 18.1. The Kier molecular flexibility index (Phi) is 7.55. The molecule has 2 aromatic carbocycles. The predicted octanol–water partition coefficient (Wildman–Crippen LogP) is 4.34. The average molecular weight is 601 g/mol. The van der Waals surface area contributed by atoms with Gasteiger partial charge in [-0.1, -0.05) is 36.4 Å². The van der Waals surface area contributed by atoms with Gasteiger partial charge in [0.2, 0.25) is 5.91 Å². The molecule has 12 nitrogen and oxygen atoms in total. The molecule has 0 saturated heterocycles. The monoisotopic (exact) mass is 600 g/mol. The number of aromatic nitrogens is 1. The number of hydrogen-bond donors (Lipinski definition) is 1. The summed E-state index contributed by atoms with van der Waals surface area (Å²) in [5.41, 5.74) is 1.81. The van der Waals surface area contributed by atoms with Gasteiger partial charge >= 0.3 is 5.97 Å². The van der Waals surface area contributed by atoms with Crippen molar-refractivity contribution in [3.8, 4) is 0 Å². The summed E-state index contributed by atoms with van der Waals surface area (Å²) in [6.45, 7) is -0.199. The molecule has 218 valence electrons. The molecule has 1 saturated carbocycles. The Hall–Kier alpha value is -5.17. The lowest BCUT2D eigenvalue weighted by Crippen LogP contribution is -2.38. The van der Waals surface area contributed by atoms with Gasteiger partial charge in [-0.05, 0) is 53.6 Å². The SMILES string of the molecule is O=C(OCc1ccc([C@@H](CN2C(=O)c3ccccc3C2=O)C(=O)Nc2cc3ccncc3s2)cc1)C1CC(O[N+](=O)[O-])C1. The first-order valence-corrected chi connectivity index (χ1v) is 14.2. The van der Waals surface area contributed by atoms with E-state index in [1.54, 1.807) is 60.9 Å². The van der Waals surface area contributed by atoms with E-state index < -0.39 is 46.7 Å². The second kappa shape index (κ2) is 11.6. The molecular weight excluding hydrogens is 576 g/mol. The van der Waals surface area contributed by atoms with Gasteiger partial charge in [-0.2, -0.15) is 0 Å². The molecule has 2 aromatic heterocycles. The molecule has 1 aliphatic carbocycles. The quantitative estimate of drug-likeness (QED) is 0.121. The summed E-state index contributed by atoms with van der Waals surface area (Å²) in [7, 11) is 0. The Labute approximate surface area is 248 Å². The van der Waals surface area contributed by atoms with E-state index in [0.717, 1.165) is 15.0 Å². The van der Waals surface area contributed by atoms with Crippen LogP contribution in [0.15, 0.2) is 73.1 Å². The van der Waals surface area contributed by atoms with Crippen molar-refractivity contribution in [2.75, 3.05) is 11.9 Å². The Morgan fingerprint density at radius 1 is 1.07 bits per heavy atom. The molecule has 0 spiro atoms. The van der Waals surface area contributed by atoms with Crippen LogP contribution < -0.4 is 5.32 Å². The van der Waals surface area contributed by atoms with Gasteiger partial charge in [0.25, 0.3) is 16.9 Å². The van der Waals surface area contributed by atoms with Gasteiger partial charge in [0.15, 0.2) is 0 Å². The highest BCUT2D eigenvalue weighted by Crippen LogP contribution is 2.33. The van der Waals surface area contributed by atoms with Crippen LogP contribution in [0.5, 0.6) is 0 Å². The number of hydrogen-bond acceptors (Lipinski definition) is 10. The van der Waals surface area contributed by atoms with Crippen molar-refractivity contribution in [2.45, 2.75) is 31.5 Å². The van der Waals surface area contributed by atoms with Gasteiger partial charge in [-0.15, -0.1) is 21.5 Å². The predicted molar refractivity (Wildman–Crippen MR) is 154 cm³/mol. The van der Waals surface area contributed by atoms with E-state index in [0.29, 0.717) is 27.3 Å². The van der Waals surface area contributed by atoms with E-state index in [1.807, 2.05) is 12.1 Å². The zero-order valence-corrected chi connectivity index (χ0v) is 23.3. The van der Waals surface area contributed by atoms with E-state index in [4.69, 9.17) is 4.74 Å². The van der Waals surface area contributed by atoms with E-state index >= 15 is 0 Å². The van der Waals surface area contributed by atoms with Crippen LogP contribution in [0.2, 0.25) is 0 Å². The highest BCUT2D eigenvalue weighted by atomic mass is 32.1. The maximum absolute atomic E-state index is 13.7. The third-order valence-corrected chi connectivity index (χ3v) is 8.56. The Morgan fingerprint density at radius 2 is 1.77 bits per heavy atom. The van der Waals surface area contributed by atoms with Crippen molar-refractivity contribution in [3.05, 3.63) is 105 Å². The summed E-state index contributed by atoms with van der Waals surface area (Å²) in [6, 6.07) is 17.0. The highest BCUT2D eigenvalue weighted by Gasteiger charge is 2.39. The number of imide groups is 1. The van der Waals surface area contributed by atoms with Gasteiger partial charge in [0, 0.05) is 18.9 Å². The number of amides is 3. The van der Waals surface area contributed by atoms with Crippen molar-refractivity contribution in [3.63, 3.8) is 0 Å². The summed E-state index contributed by atoms with van der Waals surface area (Å²) in [5.74, 6) is -3.13. The van der Waals surface area contributed by atoms with E-state index in [1.165, 1.54) is 11.3 Å². The average Bonchev–Trinajstić information content (AvgIpc) is 3.50. The van der Waals surface area contributed by atoms with E-state index in [-0.39, 0.29) is 26.0 Å². The minimum Gasteiger partial charge on any atom is -0.461 e. The minimum absolute atomic E-state index is 0.0263. The molecule has 3 heterocycles. The number of carbonyl (C=O) groups excluding carboxylic acids is 4. The fraction of sp³-hybridized carbons (Fsp3) is 0.233. The first kappa shape index (κ1) is 28.0. The zero-order chi connectivity index (χ0) is 30.1. The second-order valence-electron chi connectivity index (χ2n) is 10.3. The summed E-state index contributed by atoms with van der Waals surface area (Å²) >= 11 is 1.36. The summed E-state index contributed by atoms with van der Waals surface area (Å²) < 4.78 is 6.27. The number of thiophene rings is 1.